The Bertz CT molecular complexity index is 1260. The molecule has 1 aromatic heterocycles. The fourth-order valence-corrected chi connectivity index (χ4v) is 5.16. The highest BCUT2D eigenvalue weighted by atomic mass is 35.5. The van der Waals surface area contributed by atoms with E-state index in [0.717, 1.165) is 6.42 Å². The first-order valence-corrected chi connectivity index (χ1v) is 13.1. The smallest absolute Gasteiger partial charge is 0.395 e. The number of benzene rings is 1. The lowest BCUT2D eigenvalue weighted by atomic mass is 9.91. The highest BCUT2D eigenvalue weighted by Gasteiger charge is 2.42. The Labute approximate surface area is 225 Å². The van der Waals surface area contributed by atoms with Gasteiger partial charge in [0, 0.05) is 23.1 Å². The van der Waals surface area contributed by atoms with E-state index in [0.29, 0.717) is 28.1 Å². The zero-order valence-electron chi connectivity index (χ0n) is 22.2. The number of alkyl halides is 3. The number of fused-ring (bicyclic) bond motifs is 3. The Kier molecular flexibility index (Phi) is 7.67. The first-order chi connectivity index (χ1) is 17.5. The van der Waals surface area contributed by atoms with Crippen molar-refractivity contribution in [2.45, 2.75) is 89.8 Å². The molecule has 3 heterocycles. The van der Waals surface area contributed by atoms with E-state index in [4.69, 9.17) is 25.8 Å². The lowest BCUT2D eigenvalue weighted by Gasteiger charge is -2.29. The summed E-state index contributed by atoms with van der Waals surface area (Å²) in [5, 5.41) is 0.315. The maximum absolute atomic E-state index is 13.8. The van der Waals surface area contributed by atoms with E-state index in [-0.39, 0.29) is 30.3 Å². The second kappa shape index (κ2) is 10.2. The topological polar surface area (TPSA) is 66.8 Å². The number of aromatic nitrogens is 1. The van der Waals surface area contributed by atoms with Crippen LogP contribution in [0.5, 0.6) is 5.75 Å². The van der Waals surface area contributed by atoms with E-state index < -0.39 is 41.9 Å². The van der Waals surface area contributed by atoms with Gasteiger partial charge in [-0.3, -0.25) is 9.36 Å². The number of pyridine rings is 1. The van der Waals surface area contributed by atoms with Gasteiger partial charge < -0.3 is 14.2 Å². The molecule has 2 aliphatic rings. The zero-order valence-corrected chi connectivity index (χ0v) is 22.9. The molecular formula is C28H33ClF3NO5. The molecule has 2 aliphatic heterocycles. The van der Waals surface area contributed by atoms with Gasteiger partial charge in [0.05, 0.1) is 23.8 Å². The van der Waals surface area contributed by atoms with Crippen LogP contribution < -0.4 is 10.3 Å². The van der Waals surface area contributed by atoms with Gasteiger partial charge in [0.1, 0.15) is 24.0 Å². The maximum atomic E-state index is 13.8. The summed E-state index contributed by atoms with van der Waals surface area (Å²) in [4.78, 5) is 26.8. The predicted molar refractivity (Wildman–Crippen MR) is 138 cm³/mol. The molecule has 0 bridgehead atoms. The van der Waals surface area contributed by atoms with Crippen molar-refractivity contribution in [2.24, 2.45) is 5.92 Å². The lowest BCUT2D eigenvalue weighted by molar-refractivity contribution is -0.181. The summed E-state index contributed by atoms with van der Waals surface area (Å²) >= 11 is 6.18. The Morgan fingerprint density at radius 1 is 1.21 bits per heavy atom. The number of carbonyl (C=O) groups is 1. The third-order valence-corrected chi connectivity index (χ3v) is 7.07. The lowest BCUT2D eigenvalue weighted by Crippen LogP contribution is -2.37. The first kappa shape index (κ1) is 28.5. The molecule has 0 aliphatic carbocycles. The van der Waals surface area contributed by atoms with Crippen molar-refractivity contribution in [2.75, 3.05) is 6.61 Å². The molecule has 208 valence electrons. The molecule has 2 aromatic rings. The molecule has 0 radical (unpaired) electrons. The van der Waals surface area contributed by atoms with Gasteiger partial charge in [-0.25, -0.2) is 4.79 Å². The van der Waals surface area contributed by atoms with E-state index in [1.54, 1.807) is 26.8 Å². The van der Waals surface area contributed by atoms with Gasteiger partial charge in [0.25, 0.3) is 5.56 Å². The summed E-state index contributed by atoms with van der Waals surface area (Å²) in [5.41, 5.74) is -0.572. The monoisotopic (exact) mass is 555 g/mol. The van der Waals surface area contributed by atoms with Crippen LogP contribution in [-0.4, -0.2) is 40.6 Å². The Balaban J connectivity index is 1.81. The van der Waals surface area contributed by atoms with Crippen LogP contribution >= 0.6 is 11.6 Å². The average Bonchev–Trinajstić information content (AvgIpc) is 3.11. The van der Waals surface area contributed by atoms with Gasteiger partial charge in [-0.2, -0.15) is 13.2 Å². The maximum Gasteiger partial charge on any atom is 0.395 e. The second-order valence-electron chi connectivity index (χ2n) is 11.7. The first-order valence-electron chi connectivity index (χ1n) is 12.7. The highest BCUT2D eigenvalue weighted by molar-refractivity contribution is 6.30. The van der Waals surface area contributed by atoms with Crippen molar-refractivity contribution in [1.29, 1.82) is 0 Å². The van der Waals surface area contributed by atoms with Crippen LogP contribution in [0.25, 0.3) is 11.1 Å². The predicted octanol–water partition coefficient (Wildman–Crippen LogP) is 6.51. The Hall–Kier alpha value is -2.52. The number of halogens is 4. The quantitative estimate of drug-likeness (QED) is 0.402. The van der Waals surface area contributed by atoms with Gasteiger partial charge in [0.2, 0.25) is 0 Å². The van der Waals surface area contributed by atoms with Crippen LogP contribution in [0.3, 0.4) is 0 Å². The minimum atomic E-state index is -4.49. The summed E-state index contributed by atoms with van der Waals surface area (Å²) in [5.74, 6) is -2.33. The van der Waals surface area contributed by atoms with E-state index in [9.17, 15) is 22.8 Å². The van der Waals surface area contributed by atoms with Crippen LogP contribution in [-0.2, 0) is 20.7 Å². The molecule has 1 fully saturated rings. The van der Waals surface area contributed by atoms with Gasteiger partial charge in [-0.05, 0) is 77.1 Å². The van der Waals surface area contributed by atoms with Crippen molar-refractivity contribution in [3.05, 3.63) is 51.4 Å². The fraction of sp³-hybridized carbons (Fsp3) is 0.571. The van der Waals surface area contributed by atoms with Gasteiger partial charge in [-0.15, -0.1) is 0 Å². The van der Waals surface area contributed by atoms with Crippen molar-refractivity contribution in [3.8, 4) is 16.9 Å². The Morgan fingerprint density at radius 3 is 2.53 bits per heavy atom. The standard InChI is InChI=1S/C28H33ClF3NO5/c1-26(2,3)38-25(35)22(12-19-8-9-27(4,5)37-19)33-14-23-21(13-24(33)34)20-11-18(29)7-6-16(20)10-17(15-36-23)28(30,31)32/h6-7,11,13-14,17,19,22H,8-10,12,15H2,1-5H3/t17-,19+,22?/m1/s1. The molecule has 0 spiro atoms. The molecule has 10 heteroatoms. The normalized spacial score (nSPS) is 21.9. The molecule has 1 unspecified atom stereocenters. The fourth-order valence-electron chi connectivity index (χ4n) is 4.99. The summed E-state index contributed by atoms with van der Waals surface area (Å²) in [6.45, 7) is 8.46. The molecule has 1 saturated heterocycles. The minimum Gasteiger partial charge on any atom is -0.491 e. The number of esters is 1. The van der Waals surface area contributed by atoms with Gasteiger partial charge >= 0.3 is 12.1 Å². The molecule has 4 rings (SSSR count). The third kappa shape index (κ3) is 6.54. The van der Waals surface area contributed by atoms with Crippen molar-refractivity contribution in [3.63, 3.8) is 0 Å². The number of carbonyl (C=O) groups excluding carboxylic acids is 1. The largest absolute Gasteiger partial charge is 0.491 e. The molecule has 0 amide bonds. The van der Waals surface area contributed by atoms with Crippen LogP contribution in [0.15, 0.2) is 35.3 Å². The minimum absolute atomic E-state index is 0.0586. The van der Waals surface area contributed by atoms with E-state index in [1.165, 1.54) is 29.0 Å². The summed E-state index contributed by atoms with van der Waals surface area (Å²) in [7, 11) is 0. The number of rotatable bonds is 4. The second-order valence-corrected chi connectivity index (χ2v) is 12.1. The zero-order chi connectivity index (χ0) is 28.0. The van der Waals surface area contributed by atoms with E-state index in [2.05, 4.69) is 0 Å². The molecule has 0 N–H and O–H groups in total. The number of ether oxygens (including phenoxy) is 3. The number of hydrogen-bond donors (Lipinski definition) is 0. The average molecular weight is 556 g/mol. The molecule has 38 heavy (non-hydrogen) atoms. The molecule has 6 nitrogen and oxygen atoms in total. The third-order valence-electron chi connectivity index (χ3n) is 6.83. The highest BCUT2D eigenvalue weighted by Crippen LogP contribution is 2.41. The van der Waals surface area contributed by atoms with Crippen molar-refractivity contribution in [1.82, 2.24) is 4.57 Å². The summed E-state index contributed by atoms with van der Waals surface area (Å²) in [6, 6.07) is 4.83. The van der Waals surface area contributed by atoms with Crippen LogP contribution in [0.1, 0.15) is 65.5 Å². The molecule has 3 atom stereocenters. The summed E-state index contributed by atoms with van der Waals surface area (Å²) < 4.78 is 60.0. The van der Waals surface area contributed by atoms with Crippen molar-refractivity contribution < 1.29 is 32.2 Å². The van der Waals surface area contributed by atoms with Crippen LogP contribution in [0, 0.1) is 5.92 Å². The van der Waals surface area contributed by atoms with Crippen molar-refractivity contribution >= 4 is 17.6 Å². The number of nitrogens with zero attached hydrogens (tertiary/aromatic N) is 1. The molecule has 0 saturated carbocycles. The number of hydrogen-bond acceptors (Lipinski definition) is 5. The van der Waals surface area contributed by atoms with Gasteiger partial charge in [0.15, 0.2) is 0 Å². The van der Waals surface area contributed by atoms with Crippen LogP contribution in [0.4, 0.5) is 13.2 Å². The van der Waals surface area contributed by atoms with E-state index >= 15 is 0 Å². The summed E-state index contributed by atoms with van der Waals surface area (Å²) in [6.07, 6.45) is -2.13. The van der Waals surface area contributed by atoms with E-state index in [1.807, 2.05) is 13.8 Å². The van der Waals surface area contributed by atoms with Crippen LogP contribution in [0.2, 0.25) is 5.02 Å². The Morgan fingerprint density at radius 2 is 1.92 bits per heavy atom. The van der Waals surface area contributed by atoms with Gasteiger partial charge in [-0.1, -0.05) is 17.7 Å². The molecule has 1 aromatic carbocycles. The molecular weight excluding hydrogens is 523 g/mol. The SMILES string of the molecule is CC(C)(C)OC(=O)C(C[C@@H]1CCC(C)(C)O1)n1cc2c(cc1=O)-c1cc(Cl)ccc1C[C@@H](C(F)(F)F)CO2.